The lowest BCUT2D eigenvalue weighted by molar-refractivity contribution is 0.0985. The third kappa shape index (κ3) is 29.1. The molecule has 93 heavy (non-hydrogen) atoms. The highest BCUT2D eigenvalue weighted by atomic mass is 79.9. The molecule has 0 saturated carbocycles. The molecular formula is C64H68Br4Cl2N8O15. The first-order valence-electron chi connectivity index (χ1n) is 27.2. The van der Waals surface area contributed by atoms with E-state index in [0.717, 1.165) is 22.3 Å². The van der Waals surface area contributed by atoms with Gasteiger partial charge in [0.05, 0.1) is 29.2 Å². The molecule has 0 spiro atoms. The molecule has 0 aliphatic rings. The zero-order valence-corrected chi connectivity index (χ0v) is 58.0. The predicted octanol–water partition coefficient (Wildman–Crippen LogP) is 14.2. The highest BCUT2D eigenvalue weighted by molar-refractivity contribution is 9.11. The number of carbonyl (C=O) groups is 5. The molecule has 0 bridgehead atoms. The number of ketones is 1. The molecular weight excluding hydrogens is 1510 g/mol. The van der Waals surface area contributed by atoms with Crippen molar-refractivity contribution in [2.75, 3.05) is 0 Å². The van der Waals surface area contributed by atoms with E-state index in [9.17, 15) is 59.7 Å². The number of nitrogens with two attached hydrogens (primary N) is 2. The molecule has 8 rings (SSSR count). The zero-order chi connectivity index (χ0) is 68.5. The van der Waals surface area contributed by atoms with Crippen LogP contribution in [-0.2, 0) is 26.2 Å². The summed E-state index contributed by atoms with van der Waals surface area (Å²) in [6, 6.07) is 42.8. The van der Waals surface area contributed by atoms with E-state index in [4.69, 9.17) is 33.0 Å². The van der Waals surface area contributed by atoms with Gasteiger partial charge in [0.25, 0.3) is 0 Å². The minimum atomic E-state index is -0.814. The van der Waals surface area contributed by atoms with Crippen molar-refractivity contribution in [3.8, 4) is 57.5 Å². The van der Waals surface area contributed by atoms with Gasteiger partial charge in [-0.3, -0.25) is 10.2 Å². The SMILES string of the molecule is CC/C(=N\NC(=O)NCc1ccc(Br)c(O)c1)c1ccc(O)c(C)c1O.CCC(=O)c1ccc(O)c(C)c1O.Cl.NCc1ccc(Br)c(O)c1.NNC(=O)NCc1ccc(Br)c(O)c1.O=C(Cl)Oc1ccccc1.O=C(NCc1ccc(Br)c(O)c1)Oc1ccccc1. The van der Waals surface area contributed by atoms with E-state index < -0.39 is 23.6 Å². The van der Waals surface area contributed by atoms with Crippen molar-refractivity contribution < 1.29 is 74.3 Å². The number of amides is 5. The fourth-order valence-electron chi connectivity index (χ4n) is 7.01. The number of benzene rings is 8. The largest absolute Gasteiger partial charge is 0.508 e. The minimum absolute atomic E-state index is 0. The van der Waals surface area contributed by atoms with Crippen LogP contribution in [0.1, 0.15) is 76.0 Å². The first-order valence-corrected chi connectivity index (χ1v) is 30.7. The third-order valence-corrected chi connectivity index (χ3v) is 14.8. The first-order chi connectivity index (χ1) is 43.7. The number of hydrogen-bond donors (Lipinski definition) is 15. The summed E-state index contributed by atoms with van der Waals surface area (Å²) in [4.78, 5) is 55.6. The number of rotatable bonds is 14. The number of hydrazone groups is 1. The Labute approximate surface area is 580 Å². The molecule has 496 valence electrons. The fraction of sp³-hybridized carbons (Fsp3) is 0.156. The fourth-order valence-corrected chi connectivity index (χ4v) is 8.08. The molecule has 23 nitrogen and oxygen atoms in total. The molecule has 0 fully saturated rings. The Kier molecular flexibility index (Phi) is 36.6. The molecule has 0 radical (unpaired) electrons. The van der Waals surface area contributed by atoms with Crippen molar-refractivity contribution in [2.45, 2.75) is 66.7 Å². The third-order valence-electron chi connectivity index (χ3n) is 12.0. The Bertz CT molecular complexity index is 3790. The lowest BCUT2D eigenvalue weighted by atomic mass is 10.0. The smallest absolute Gasteiger partial charge is 0.412 e. The summed E-state index contributed by atoms with van der Waals surface area (Å²) < 4.78 is 12.1. The van der Waals surface area contributed by atoms with E-state index in [2.05, 4.69) is 94.9 Å². The topological polar surface area (TPSA) is 390 Å². The summed E-state index contributed by atoms with van der Waals surface area (Å²) in [6.45, 7) is 7.99. The maximum Gasteiger partial charge on any atom is 0.412 e. The quantitative estimate of drug-likeness (QED) is 0.0120. The molecule has 0 aliphatic heterocycles. The lowest BCUT2D eigenvalue weighted by Crippen LogP contribution is -2.39. The summed E-state index contributed by atoms with van der Waals surface area (Å²) in [5.41, 5.74) is 14.0. The monoisotopic (exact) mass is 1570 g/mol. The van der Waals surface area contributed by atoms with E-state index in [0.29, 0.717) is 77.7 Å². The highest BCUT2D eigenvalue weighted by Gasteiger charge is 2.15. The number of carbonyl (C=O) groups excluding carboxylic acids is 5. The molecule has 8 aromatic rings. The molecule has 17 N–H and O–H groups in total. The molecule has 0 saturated heterocycles. The summed E-state index contributed by atoms with van der Waals surface area (Å²) in [7, 11) is 0. The van der Waals surface area contributed by atoms with Crippen LogP contribution in [0, 0.1) is 13.8 Å². The number of hydrazine groups is 1. The number of urea groups is 2. The van der Waals surface area contributed by atoms with Crippen molar-refractivity contribution in [3.05, 3.63) is 220 Å². The molecule has 29 heteroatoms. The Balaban J connectivity index is 0.000000393. The number of Topliss-reactive ketones (excluding diaryl/α,β-unsaturated/α-hetero) is 1. The van der Waals surface area contributed by atoms with Gasteiger partial charge >= 0.3 is 23.6 Å². The molecule has 0 atom stereocenters. The van der Waals surface area contributed by atoms with E-state index in [1.807, 2.05) is 30.5 Å². The van der Waals surface area contributed by atoms with Gasteiger partial charge in [0.15, 0.2) is 5.78 Å². The number of phenols is 8. The van der Waals surface area contributed by atoms with E-state index >= 15 is 0 Å². The van der Waals surface area contributed by atoms with Gasteiger partial charge in [-0.05, 0) is 203 Å². The lowest BCUT2D eigenvalue weighted by Gasteiger charge is -2.11. The summed E-state index contributed by atoms with van der Waals surface area (Å²) in [5, 5.41) is 87.8. The van der Waals surface area contributed by atoms with E-state index in [1.54, 1.807) is 142 Å². The van der Waals surface area contributed by atoms with E-state index in [-0.39, 0.29) is 82.8 Å². The maximum absolute atomic E-state index is 11.9. The Morgan fingerprint density at radius 3 is 1.25 bits per heavy atom. The predicted molar refractivity (Wildman–Crippen MR) is 371 cm³/mol. The Morgan fingerprint density at radius 2 is 0.860 bits per heavy atom. The molecule has 0 aromatic heterocycles. The van der Waals surface area contributed by atoms with Crippen molar-refractivity contribution in [2.24, 2.45) is 16.7 Å². The summed E-state index contributed by atoms with van der Waals surface area (Å²) >= 11 is 17.7. The van der Waals surface area contributed by atoms with Crippen LogP contribution < -0.4 is 47.9 Å². The van der Waals surface area contributed by atoms with Crippen LogP contribution in [0.4, 0.5) is 19.2 Å². The van der Waals surface area contributed by atoms with Crippen LogP contribution in [0.5, 0.6) is 57.5 Å². The van der Waals surface area contributed by atoms with Crippen molar-refractivity contribution in [1.82, 2.24) is 26.8 Å². The van der Waals surface area contributed by atoms with Crippen LogP contribution in [0.3, 0.4) is 0 Å². The number of halogens is 6. The van der Waals surface area contributed by atoms with Crippen LogP contribution in [0.15, 0.2) is 181 Å². The zero-order valence-electron chi connectivity index (χ0n) is 50.1. The second kappa shape index (κ2) is 42.4. The average Bonchev–Trinajstić information content (AvgIpc) is 1.14. The van der Waals surface area contributed by atoms with Crippen molar-refractivity contribution in [3.63, 3.8) is 0 Å². The number of ether oxygens (including phenoxy) is 2. The number of aromatic hydroxyl groups is 8. The molecule has 0 aliphatic carbocycles. The number of para-hydroxylation sites is 2. The molecule has 0 unspecified atom stereocenters. The van der Waals surface area contributed by atoms with Crippen molar-refractivity contribution >= 4 is 123 Å². The summed E-state index contributed by atoms with van der Waals surface area (Å²) in [6.07, 6.45) is 0.282. The summed E-state index contributed by atoms with van der Waals surface area (Å²) in [5.74, 6) is 6.10. The second-order valence-corrected chi connectivity index (χ2v) is 22.3. The normalized spacial score (nSPS) is 10.0. The number of hydrogen-bond acceptors (Lipinski definition) is 18. The van der Waals surface area contributed by atoms with Gasteiger partial charge in [-0.2, -0.15) is 5.10 Å². The molecule has 5 amide bonds. The average molecular weight is 1580 g/mol. The van der Waals surface area contributed by atoms with Gasteiger partial charge in [0, 0.05) is 60.9 Å². The maximum atomic E-state index is 11.9. The van der Waals surface area contributed by atoms with E-state index in [1.165, 1.54) is 18.2 Å². The van der Waals surface area contributed by atoms with Crippen molar-refractivity contribution in [1.29, 1.82) is 0 Å². The number of nitrogens with one attached hydrogen (secondary N) is 5. The van der Waals surface area contributed by atoms with Crippen LogP contribution in [0.2, 0.25) is 0 Å². The van der Waals surface area contributed by atoms with Crippen LogP contribution >= 0.6 is 87.7 Å². The standard InChI is InChI=1S/C18H20BrN3O4.C14H12BrNO3.C10H12O3.C8H10BrN3O2.C7H8BrNO.C7H5ClO2.ClH/c1-3-14(12-5-7-15(23)10(2)17(12)25)21-22-18(26)20-9-11-4-6-13(19)16(24)8-11;15-12-7-6-10(8-13(12)17)9-16-14(18)19-11-4-2-1-3-5-11;1-3-8(11)7-4-5-9(12)6(2)10(7)13;9-6-2-1-5(3-7(6)13)4-11-8(14)12-10;8-6-2-1-5(4-9)3-7(6)10;8-7(9)10-6-4-2-1-3-5-6;/h4-8,23-25H,3,9H2,1-2H3,(H2,20,22,26);1-8,17H,9H2,(H,16,18);4-5,12-13H,3H2,1-2H3;1-3,13H,4,10H2,(H2,11,12,14);1-3,10H,4,9H2;1-5H;1H/b21-14+;;;;;;. The molecule has 0 heterocycles. The number of nitrogens with zero attached hydrogens (tertiary/aromatic N) is 1. The van der Waals surface area contributed by atoms with Crippen LogP contribution in [-0.4, -0.2) is 75.9 Å². The molecule has 8 aromatic carbocycles. The highest BCUT2D eigenvalue weighted by Crippen LogP contribution is 2.32. The van der Waals surface area contributed by atoms with Gasteiger partial charge < -0.3 is 72.0 Å². The van der Waals surface area contributed by atoms with Gasteiger partial charge in [0.2, 0.25) is 0 Å². The van der Waals surface area contributed by atoms with Gasteiger partial charge in [-0.15, -0.1) is 12.4 Å². The van der Waals surface area contributed by atoms with Gasteiger partial charge in [0.1, 0.15) is 57.5 Å². The number of phenolic OH excluding ortho intramolecular Hbond substituents is 8. The van der Waals surface area contributed by atoms with Gasteiger partial charge in [-0.1, -0.05) is 74.5 Å². The Hall–Kier alpha value is -8.80. The van der Waals surface area contributed by atoms with Crippen LogP contribution in [0.25, 0.3) is 0 Å². The minimum Gasteiger partial charge on any atom is -0.508 e. The first kappa shape index (κ1) is 80.3. The van der Waals surface area contributed by atoms with Gasteiger partial charge in [-0.25, -0.2) is 30.4 Å². The second-order valence-electron chi connectivity index (χ2n) is 18.6. The Morgan fingerprint density at radius 1 is 0.484 bits per heavy atom.